The van der Waals surface area contributed by atoms with Crippen molar-refractivity contribution in [3.8, 4) is 0 Å². The molecule has 0 aromatic rings. The van der Waals surface area contributed by atoms with Gasteiger partial charge < -0.3 is 0 Å². The van der Waals surface area contributed by atoms with Crippen molar-refractivity contribution in [3.05, 3.63) is 46.6 Å². The topological polar surface area (TPSA) is 0 Å². The van der Waals surface area contributed by atoms with Crippen LogP contribution in [0, 0.1) is 12.2 Å². The van der Waals surface area contributed by atoms with Crippen molar-refractivity contribution in [1.29, 1.82) is 0 Å². The van der Waals surface area contributed by atoms with Gasteiger partial charge in [-0.15, -0.1) is 0 Å². The van der Waals surface area contributed by atoms with E-state index in [1.54, 1.807) is 11.1 Å². The van der Waals surface area contributed by atoms with E-state index >= 15 is 0 Å². The molecule has 0 bridgehead atoms. The second-order valence-electron chi connectivity index (χ2n) is 7.68. The largest absolute Gasteiger partial charge is 2.00 e. The number of hydrogen-bond acceptors (Lipinski definition) is 0. The zero-order chi connectivity index (χ0) is 19.0. The zero-order valence-electron chi connectivity index (χ0n) is 18.6. The van der Waals surface area contributed by atoms with Gasteiger partial charge in [-0.05, 0) is 0 Å². The number of hydrogen-bond donors (Lipinski definition) is 0. The fourth-order valence-electron chi connectivity index (χ4n) is 3.54. The molecule has 0 heterocycles. The smallest absolute Gasteiger partial charge is 0.253 e. The van der Waals surface area contributed by atoms with Crippen LogP contribution in [0.15, 0.2) is 34.4 Å². The van der Waals surface area contributed by atoms with E-state index in [2.05, 4.69) is 52.0 Å². The van der Waals surface area contributed by atoms with Gasteiger partial charge in [0.25, 0.3) is 0 Å². The predicted molar refractivity (Wildman–Crippen MR) is 117 cm³/mol. The van der Waals surface area contributed by atoms with E-state index in [4.69, 9.17) is 0 Å². The summed E-state index contributed by atoms with van der Waals surface area (Å²) in [5.74, 6) is 0. The average molecular weight is 446 g/mol. The molecule has 0 radical (unpaired) electrons. The monoisotopic (exact) mass is 444 g/mol. The van der Waals surface area contributed by atoms with Crippen LogP contribution in [-0.4, -0.2) is 0 Å². The van der Waals surface area contributed by atoms with Crippen molar-refractivity contribution in [2.24, 2.45) is 0 Å². The number of allylic oxidation sites excluding steroid dienone is 8. The van der Waals surface area contributed by atoms with Crippen molar-refractivity contribution < 1.29 is 26.2 Å². The first kappa shape index (κ1) is 26.8. The molecule has 0 unspecified atom stereocenters. The second kappa shape index (κ2) is 17.9. The van der Waals surface area contributed by atoms with E-state index < -0.39 is 0 Å². The van der Waals surface area contributed by atoms with Crippen molar-refractivity contribution in [1.82, 2.24) is 0 Å². The molecule has 0 nitrogen and oxygen atoms in total. The van der Waals surface area contributed by atoms with Gasteiger partial charge in [0, 0.05) is 0 Å². The Morgan fingerprint density at radius 1 is 0.593 bits per heavy atom. The van der Waals surface area contributed by atoms with Crippen LogP contribution < -0.4 is 0 Å². The van der Waals surface area contributed by atoms with Crippen molar-refractivity contribution in [2.45, 2.75) is 118 Å². The van der Waals surface area contributed by atoms with Gasteiger partial charge in [0.2, 0.25) is 0 Å². The third-order valence-corrected chi connectivity index (χ3v) is 5.33. The van der Waals surface area contributed by atoms with Gasteiger partial charge in [0.05, 0.1) is 0 Å². The van der Waals surface area contributed by atoms with Gasteiger partial charge >= 0.3 is 26.2 Å². The molecule has 0 saturated heterocycles. The Hall–Kier alpha value is -0.157. The van der Waals surface area contributed by atoms with Crippen molar-refractivity contribution >= 4 is 0 Å². The van der Waals surface area contributed by atoms with E-state index in [0.29, 0.717) is 0 Å². The van der Waals surface area contributed by atoms with E-state index in [9.17, 15) is 0 Å². The summed E-state index contributed by atoms with van der Waals surface area (Å²) in [5, 5.41) is 0. The molecule has 0 aliphatic heterocycles. The molecule has 0 aromatic heterocycles. The molecule has 0 spiro atoms. The second-order valence-corrected chi connectivity index (χ2v) is 7.68. The molecular weight excluding hydrogens is 404 g/mol. The molecule has 2 aliphatic carbocycles. The third-order valence-electron chi connectivity index (χ3n) is 5.33. The maximum absolute atomic E-state index is 3.41. The Morgan fingerprint density at radius 3 is 1.26 bits per heavy atom. The Kier molecular flexibility index (Phi) is 17.8. The first-order chi connectivity index (χ1) is 12.8. The van der Waals surface area contributed by atoms with Gasteiger partial charge in [0.15, 0.2) is 0 Å². The molecule has 27 heavy (non-hydrogen) atoms. The first-order valence-electron chi connectivity index (χ1n) is 11.3. The van der Waals surface area contributed by atoms with Gasteiger partial charge in [-0.25, -0.2) is 22.3 Å². The molecule has 0 saturated carbocycles. The van der Waals surface area contributed by atoms with Gasteiger partial charge in [0.1, 0.15) is 0 Å². The minimum Gasteiger partial charge on any atom is -0.253 e. The molecule has 0 amide bonds. The normalized spacial score (nSPS) is 15.3. The summed E-state index contributed by atoms with van der Waals surface area (Å²) in [6.45, 7) is 9.03. The van der Waals surface area contributed by atoms with Crippen LogP contribution in [0.3, 0.4) is 0 Å². The minimum atomic E-state index is 0. The molecule has 2 aliphatic rings. The number of unbranched alkanes of at least 4 members (excludes halogenated alkanes) is 4. The van der Waals surface area contributed by atoms with Gasteiger partial charge in [-0.1, -0.05) is 118 Å². The van der Waals surface area contributed by atoms with Gasteiger partial charge in [-0.2, -0.15) is 12.2 Å². The summed E-state index contributed by atoms with van der Waals surface area (Å²) in [7, 11) is 0. The number of rotatable bonds is 12. The fraction of sp³-hybridized carbons (Fsp3) is 0.692. The summed E-state index contributed by atoms with van der Waals surface area (Å²) < 4.78 is 0. The molecule has 0 N–H and O–H groups in total. The van der Waals surface area contributed by atoms with E-state index in [0.717, 1.165) is 0 Å². The molecule has 0 atom stereocenters. The third kappa shape index (κ3) is 11.4. The van der Waals surface area contributed by atoms with Crippen LogP contribution in [0.1, 0.15) is 118 Å². The summed E-state index contributed by atoms with van der Waals surface area (Å²) in [6.07, 6.45) is 29.3. The van der Waals surface area contributed by atoms with E-state index in [1.807, 2.05) is 0 Å². The summed E-state index contributed by atoms with van der Waals surface area (Å²) in [6, 6.07) is 0. The predicted octanol–water partition coefficient (Wildman–Crippen LogP) is 8.85. The van der Waals surface area contributed by atoms with Crippen molar-refractivity contribution in [3.63, 3.8) is 0 Å². The van der Waals surface area contributed by atoms with E-state index in [1.165, 1.54) is 101 Å². The fourth-order valence-corrected chi connectivity index (χ4v) is 3.54. The Bertz CT molecular complexity index is 444. The minimum absolute atomic E-state index is 0. The van der Waals surface area contributed by atoms with Crippen LogP contribution in [0.25, 0.3) is 0 Å². The van der Waals surface area contributed by atoms with Crippen LogP contribution >= 0.6 is 0 Å². The standard InChI is InChI=1S/2C13H21.Zr/c2*1-3-5-8-12-10-7-11-13(12)9-6-4-2;/h2*7H,3-6,8-10H2,1-2H3;/q2*-1;+2. The van der Waals surface area contributed by atoms with Crippen molar-refractivity contribution in [2.75, 3.05) is 0 Å². The van der Waals surface area contributed by atoms with Crippen LogP contribution in [0.2, 0.25) is 0 Å². The van der Waals surface area contributed by atoms with Crippen LogP contribution in [0.5, 0.6) is 0 Å². The molecule has 0 aromatic carbocycles. The summed E-state index contributed by atoms with van der Waals surface area (Å²) in [5.41, 5.74) is 6.37. The molecule has 150 valence electrons. The molecule has 2 rings (SSSR count). The SMILES string of the molecule is CCCCC1=C(CCCC)CC=[C-]1.CCCCC1=C(CCCC)CC=[C-]1.[Zr+2]. The van der Waals surface area contributed by atoms with Crippen LogP contribution in [-0.2, 0) is 26.2 Å². The first-order valence-corrected chi connectivity index (χ1v) is 11.3. The Balaban J connectivity index is 0.000000483. The quantitative estimate of drug-likeness (QED) is 0.263. The van der Waals surface area contributed by atoms with Gasteiger partial charge in [-0.3, -0.25) is 12.2 Å². The maximum Gasteiger partial charge on any atom is 2.00 e. The zero-order valence-corrected chi connectivity index (χ0v) is 21.0. The Morgan fingerprint density at radius 2 is 0.926 bits per heavy atom. The molecule has 1 heteroatoms. The maximum atomic E-state index is 3.41. The van der Waals surface area contributed by atoms with Crippen LogP contribution in [0.4, 0.5) is 0 Å². The van der Waals surface area contributed by atoms with E-state index in [-0.39, 0.29) is 26.2 Å². The molecular formula is C26H42Zr. The molecule has 0 fully saturated rings. The summed E-state index contributed by atoms with van der Waals surface area (Å²) >= 11 is 0. The average Bonchev–Trinajstić information content (AvgIpc) is 3.30. The Labute approximate surface area is 189 Å². The summed E-state index contributed by atoms with van der Waals surface area (Å²) in [4.78, 5) is 0.